The van der Waals surface area contributed by atoms with Crippen molar-refractivity contribution in [2.24, 2.45) is 0 Å². The third kappa shape index (κ3) is 23.8. The lowest BCUT2D eigenvalue weighted by Crippen LogP contribution is -2.31. The fraction of sp³-hybridized carbons (Fsp3) is 0.818. The number of unbranched alkanes of at least 4 members (excludes halogenated alkanes) is 18. The Bertz CT molecular complexity index is 766. The highest BCUT2D eigenvalue weighted by molar-refractivity contribution is 4.93. The van der Waals surface area contributed by atoms with Crippen molar-refractivity contribution in [3.8, 4) is 0 Å². The first-order chi connectivity index (χ1) is 23.2. The van der Waals surface area contributed by atoms with Crippen LogP contribution in [0.1, 0.15) is 194 Å². The predicted octanol–water partition coefficient (Wildman–Crippen LogP) is 13.6. The number of hydrogen-bond acceptors (Lipinski definition) is 3. The molecule has 3 heteroatoms. The van der Waals surface area contributed by atoms with Gasteiger partial charge < -0.3 is 9.47 Å². The van der Waals surface area contributed by atoms with Crippen LogP contribution in [0.3, 0.4) is 0 Å². The van der Waals surface area contributed by atoms with Gasteiger partial charge in [-0.1, -0.05) is 140 Å². The van der Waals surface area contributed by atoms with Crippen molar-refractivity contribution in [2.45, 2.75) is 212 Å². The molecule has 0 amide bonds. The molecule has 0 bridgehead atoms. The van der Waals surface area contributed by atoms with Crippen LogP contribution in [-0.4, -0.2) is 42.5 Å². The van der Waals surface area contributed by atoms with Gasteiger partial charge in [0.1, 0.15) is 0 Å². The standard InChI is InChI=1S/C44H79NO2/c1-4-6-8-10-12-14-16-18-20-22-24-26-28-30-32-34-37-44(46-41-43(47-44)36-39-45-40-42(45)3)38-35-33-31-29-27-25-23-21-19-17-15-13-11-9-7-5-2/h12-15,18-21,42-43H,4-11,16-17,22-41H2,1-3H3/b14-12-,15-13-,20-18-,21-19-. The Kier molecular flexibility index (Phi) is 26.6. The Hall–Kier alpha value is -1.16. The van der Waals surface area contributed by atoms with E-state index in [9.17, 15) is 0 Å². The molecule has 0 radical (unpaired) electrons. The molecule has 2 heterocycles. The second-order valence-electron chi connectivity index (χ2n) is 14.8. The molecular weight excluding hydrogens is 574 g/mol. The Balaban J connectivity index is 1.52. The molecule has 3 unspecified atom stereocenters. The van der Waals surface area contributed by atoms with Gasteiger partial charge in [0.05, 0.1) is 12.7 Å². The molecule has 3 atom stereocenters. The molecule has 2 saturated heterocycles. The van der Waals surface area contributed by atoms with Crippen molar-refractivity contribution in [3.63, 3.8) is 0 Å². The van der Waals surface area contributed by atoms with Crippen molar-refractivity contribution in [1.29, 1.82) is 0 Å². The molecule has 272 valence electrons. The van der Waals surface area contributed by atoms with Crippen molar-refractivity contribution in [1.82, 2.24) is 4.90 Å². The van der Waals surface area contributed by atoms with Crippen molar-refractivity contribution in [3.05, 3.63) is 48.6 Å². The lowest BCUT2D eigenvalue weighted by atomic mass is 9.98. The molecule has 2 aliphatic rings. The van der Waals surface area contributed by atoms with Gasteiger partial charge in [0, 0.05) is 32.0 Å². The van der Waals surface area contributed by atoms with E-state index in [4.69, 9.17) is 9.47 Å². The third-order valence-corrected chi connectivity index (χ3v) is 10.2. The molecule has 3 nitrogen and oxygen atoms in total. The smallest absolute Gasteiger partial charge is 0.168 e. The normalized spacial score (nSPS) is 21.0. The van der Waals surface area contributed by atoms with Gasteiger partial charge in [0.15, 0.2) is 5.79 Å². The summed E-state index contributed by atoms with van der Waals surface area (Å²) in [6.07, 6.45) is 53.5. The minimum atomic E-state index is -0.306. The number of nitrogens with zero attached hydrogens (tertiary/aromatic N) is 1. The van der Waals surface area contributed by atoms with E-state index in [0.717, 1.165) is 44.8 Å². The number of rotatable bonds is 33. The summed E-state index contributed by atoms with van der Waals surface area (Å²) in [5.74, 6) is -0.306. The summed E-state index contributed by atoms with van der Waals surface area (Å²) >= 11 is 0. The zero-order valence-electron chi connectivity index (χ0n) is 31.8. The van der Waals surface area contributed by atoms with Gasteiger partial charge in [-0.3, -0.25) is 4.90 Å². The number of allylic oxidation sites excluding steroid dienone is 8. The summed E-state index contributed by atoms with van der Waals surface area (Å²) in [6.45, 7) is 10.1. The maximum absolute atomic E-state index is 6.74. The molecule has 0 aromatic rings. The van der Waals surface area contributed by atoms with Gasteiger partial charge in [-0.05, 0) is 90.4 Å². The second kappa shape index (κ2) is 29.7. The minimum Gasteiger partial charge on any atom is -0.347 e. The zero-order chi connectivity index (χ0) is 33.5. The van der Waals surface area contributed by atoms with Gasteiger partial charge >= 0.3 is 0 Å². The van der Waals surface area contributed by atoms with Crippen LogP contribution in [0.2, 0.25) is 0 Å². The van der Waals surface area contributed by atoms with E-state index in [2.05, 4.69) is 74.3 Å². The third-order valence-electron chi connectivity index (χ3n) is 10.2. The van der Waals surface area contributed by atoms with E-state index in [1.165, 1.54) is 154 Å². The quantitative estimate of drug-likeness (QED) is 0.0400. The van der Waals surface area contributed by atoms with E-state index in [0.29, 0.717) is 0 Å². The summed E-state index contributed by atoms with van der Waals surface area (Å²) in [5, 5.41) is 0. The monoisotopic (exact) mass is 654 g/mol. The highest BCUT2D eigenvalue weighted by Crippen LogP contribution is 2.36. The summed E-state index contributed by atoms with van der Waals surface area (Å²) in [6, 6.07) is 0.777. The first kappa shape index (κ1) is 42.0. The summed E-state index contributed by atoms with van der Waals surface area (Å²) in [5.41, 5.74) is 0. The average molecular weight is 654 g/mol. The molecular formula is C44H79NO2. The fourth-order valence-corrected chi connectivity index (χ4v) is 6.82. The van der Waals surface area contributed by atoms with Gasteiger partial charge in [-0.15, -0.1) is 0 Å². The summed E-state index contributed by atoms with van der Waals surface area (Å²) in [7, 11) is 0. The largest absolute Gasteiger partial charge is 0.347 e. The molecule has 0 aliphatic carbocycles. The molecule has 2 rings (SSSR count). The van der Waals surface area contributed by atoms with Crippen molar-refractivity contribution >= 4 is 0 Å². The minimum absolute atomic E-state index is 0.289. The van der Waals surface area contributed by atoms with Crippen LogP contribution in [0.15, 0.2) is 48.6 Å². The Labute approximate surface area is 294 Å². The zero-order valence-corrected chi connectivity index (χ0v) is 31.8. The van der Waals surface area contributed by atoms with Gasteiger partial charge in [0.25, 0.3) is 0 Å². The van der Waals surface area contributed by atoms with E-state index in [-0.39, 0.29) is 11.9 Å². The Morgan fingerprint density at radius 1 is 0.553 bits per heavy atom. The van der Waals surface area contributed by atoms with E-state index in [1.54, 1.807) is 0 Å². The van der Waals surface area contributed by atoms with Crippen molar-refractivity contribution in [2.75, 3.05) is 19.7 Å². The van der Waals surface area contributed by atoms with E-state index >= 15 is 0 Å². The van der Waals surface area contributed by atoms with Crippen LogP contribution in [-0.2, 0) is 9.47 Å². The van der Waals surface area contributed by atoms with Gasteiger partial charge in [0.2, 0.25) is 0 Å². The molecule has 0 N–H and O–H groups in total. The van der Waals surface area contributed by atoms with Gasteiger partial charge in [-0.25, -0.2) is 0 Å². The van der Waals surface area contributed by atoms with Crippen LogP contribution >= 0.6 is 0 Å². The lowest BCUT2D eigenvalue weighted by Gasteiger charge is -2.28. The van der Waals surface area contributed by atoms with Crippen LogP contribution in [0.25, 0.3) is 0 Å². The fourth-order valence-electron chi connectivity index (χ4n) is 6.82. The molecule has 2 fully saturated rings. The summed E-state index contributed by atoms with van der Waals surface area (Å²) < 4.78 is 13.3. The SMILES string of the molecule is CCCCC/C=C\C/C=C\CCCCCCCCC1(CCCCCCCC/C=C\C/C=C\CCCCC)OCC(CCN2CC2C)O1. The second-order valence-corrected chi connectivity index (χ2v) is 14.8. The van der Waals surface area contributed by atoms with E-state index in [1.807, 2.05) is 0 Å². The molecule has 0 saturated carbocycles. The van der Waals surface area contributed by atoms with Crippen molar-refractivity contribution < 1.29 is 9.47 Å². The lowest BCUT2D eigenvalue weighted by molar-refractivity contribution is -0.180. The first-order valence-corrected chi connectivity index (χ1v) is 20.8. The number of ether oxygens (including phenoxy) is 2. The predicted molar refractivity (Wildman–Crippen MR) is 207 cm³/mol. The van der Waals surface area contributed by atoms with Gasteiger partial charge in [-0.2, -0.15) is 0 Å². The Morgan fingerprint density at radius 2 is 0.957 bits per heavy atom. The van der Waals surface area contributed by atoms with Crippen LogP contribution in [0.5, 0.6) is 0 Å². The average Bonchev–Trinajstić information content (AvgIpc) is 3.64. The van der Waals surface area contributed by atoms with Crippen LogP contribution in [0, 0.1) is 0 Å². The Morgan fingerprint density at radius 3 is 1.38 bits per heavy atom. The molecule has 0 aromatic carbocycles. The molecule has 47 heavy (non-hydrogen) atoms. The summed E-state index contributed by atoms with van der Waals surface area (Å²) in [4.78, 5) is 2.55. The molecule has 0 spiro atoms. The highest BCUT2D eigenvalue weighted by atomic mass is 16.7. The van der Waals surface area contributed by atoms with Crippen LogP contribution < -0.4 is 0 Å². The first-order valence-electron chi connectivity index (χ1n) is 20.8. The highest BCUT2D eigenvalue weighted by Gasteiger charge is 2.41. The molecule has 2 aliphatic heterocycles. The van der Waals surface area contributed by atoms with E-state index < -0.39 is 0 Å². The molecule has 0 aromatic heterocycles. The maximum Gasteiger partial charge on any atom is 0.168 e. The maximum atomic E-state index is 6.74. The topological polar surface area (TPSA) is 21.5 Å². The van der Waals surface area contributed by atoms with Crippen LogP contribution in [0.4, 0.5) is 0 Å². The number of hydrogen-bond donors (Lipinski definition) is 0.